The molecule has 0 aliphatic carbocycles. The van der Waals surface area contributed by atoms with Gasteiger partial charge in [0.05, 0.1) is 23.1 Å². The minimum Gasteiger partial charge on any atom is -0.493 e. The molecule has 1 saturated heterocycles. The summed E-state index contributed by atoms with van der Waals surface area (Å²) in [6.07, 6.45) is 2.29. The number of benzene rings is 2. The lowest BCUT2D eigenvalue weighted by Crippen LogP contribution is -2.36. The first-order valence-corrected chi connectivity index (χ1v) is 11.6. The number of nitrogens with one attached hydrogen (secondary N) is 1. The van der Waals surface area contributed by atoms with E-state index in [4.69, 9.17) is 21.1 Å². The Labute approximate surface area is 202 Å². The van der Waals surface area contributed by atoms with Gasteiger partial charge in [-0.3, -0.25) is 19.3 Å². The third-order valence-corrected chi connectivity index (χ3v) is 6.14. The predicted molar refractivity (Wildman–Crippen MR) is 131 cm³/mol. The fraction of sp³-hybridized carbons (Fsp3) is 0.292. The molecule has 0 saturated carbocycles. The number of anilines is 1. The van der Waals surface area contributed by atoms with E-state index in [-0.39, 0.29) is 17.6 Å². The number of carbonyl (C=O) groups excluding carboxylic acids is 3. The van der Waals surface area contributed by atoms with Crippen LogP contribution in [0.15, 0.2) is 41.3 Å². The zero-order chi connectivity index (χ0) is 24.1. The third-order valence-electron chi connectivity index (χ3n) is 4.95. The van der Waals surface area contributed by atoms with Crippen molar-refractivity contribution in [3.8, 4) is 11.5 Å². The van der Waals surface area contributed by atoms with Crippen molar-refractivity contribution in [3.63, 3.8) is 0 Å². The van der Waals surface area contributed by atoms with Crippen LogP contribution >= 0.6 is 23.4 Å². The number of rotatable bonds is 8. The largest absolute Gasteiger partial charge is 0.493 e. The number of imide groups is 1. The standard InChI is InChI=1S/C24H25ClN2O5S/c1-5-15(3)32-22-18(25)10-16(11-19(22)31-4)12-20-23(29)27(24(30)33-20)13-21(28)26-17-8-6-14(2)7-9-17/h6-12,15H,5,13H2,1-4H3,(H,26,28). The van der Waals surface area contributed by atoms with Crippen molar-refractivity contribution in [2.45, 2.75) is 33.3 Å². The zero-order valence-corrected chi connectivity index (χ0v) is 20.4. The van der Waals surface area contributed by atoms with Crippen LogP contribution in [-0.2, 0) is 9.59 Å². The Morgan fingerprint density at radius 2 is 1.94 bits per heavy atom. The van der Waals surface area contributed by atoms with Crippen LogP contribution < -0.4 is 14.8 Å². The maximum atomic E-state index is 12.8. The summed E-state index contributed by atoms with van der Waals surface area (Å²) in [5.41, 5.74) is 2.22. The highest BCUT2D eigenvalue weighted by atomic mass is 35.5. The molecule has 7 nitrogen and oxygen atoms in total. The molecule has 1 heterocycles. The van der Waals surface area contributed by atoms with Gasteiger partial charge in [0.25, 0.3) is 11.1 Å². The Bertz CT molecular complexity index is 1100. The molecule has 3 amide bonds. The Hall–Kier alpha value is -2.97. The summed E-state index contributed by atoms with van der Waals surface area (Å²) in [4.78, 5) is 38.6. The highest BCUT2D eigenvalue weighted by molar-refractivity contribution is 8.18. The van der Waals surface area contributed by atoms with Crippen LogP contribution in [-0.4, -0.2) is 41.7 Å². The number of nitrogens with zero attached hydrogens (tertiary/aromatic N) is 1. The van der Waals surface area contributed by atoms with E-state index < -0.39 is 17.1 Å². The molecule has 1 atom stereocenters. The van der Waals surface area contributed by atoms with E-state index in [0.29, 0.717) is 27.8 Å². The lowest BCUT2D eigenvalue weighted by molar-refractivity contribution is -0.127. The van der Waals surface area contributed by atoms with Crippen LogP contribution in [0.4, 0.5) is 10.5 Å². The number of ether oxygens (including phenoxy) is 2. The highest BCUT2D eigenvalue weighted by Gasteiger charge is 2.36. The van der Waals surface area contributed by atoms with Crippen LogP contribution in [0.5, 0.6) is 11.5 Å². The molecule has 2 aromatic rings. The van der Waals surface area contributed by atoms with Crippen molar-refractivity contribution >= 4 is 52.2 Å². The molecule has 9 heteroatoms. The Balaban J connectivity index is 1.75. The molecule has 0 bridgehead atoms. The molecular weight excluding hydrogens is 464 g/mol. The molecule has 0 radical (unpaired) electrons. The van der Waals surface area contributed by atoms with Crippen LogP contribution in [0.1, 0.15) is 31.4 Å². The maximum Gasteiger partial charge on any atom is 0.294 e. The average molecular weight is 489 g/mol. The van der Waals surface area contributed by atoms with Gasteiger partial charge in [0.2, 0.25) is 5.91 Å². The van der Waals surface area contributed by atoms with Gasteiger partial charge in [-0.2, -0.15) is 0 Å². The van der Waals surface area contributed by atoms with Gasteiger partial charge in [0.1, 0.15) is 6.54 Å². The SMILES string of the molecule is CCC(C)Oc1c(Cl)cc(C=C2SC(=O)N(CC(=O)Nc3ccc(C)cc3)C2=O)cc1OC. The van der Waals surface area contributed by atoms with Crippen LogP contribution in [0.3, 0.4) is 0 Å². The number of methoxy groups -OCH3 is 1. The average Bonchev–Trinajstić information content (AvgIpc) is 3.04. The minimum absolute atomic E-state index is 0.0511. The van der Waals surface area contributed by atoms with Gasteiger partial charge in [0.15, 0.2) is 11.5 Å². The lowest BCUT2D eigenvalue weighted by Gasteiger charge is -2.17. The van der Waals surface area contributed by atoms with Gasteiger partial charge in [0, 0.05) is 5.69 Å². The molecule has 1 aliphatic rings. The number of carbonyl (C=O) groups is 3. The number of halogens is 1. The van der Waals surface area contributed by atoms with E-state index in [9.17, 15) is 14.4 Å². The first-order chi connectivity index (χ1) is 15.7. The van der Waals surface area contributed by atoms with Crippen molar-refractivity contribution < 1.29 is 23.9 Å². The quantitative estimate of drug-likeness (QED) is 0.493. The second kappa shape index (κ2) is 10.8. The van der Waals surface area contributed by atoms with E-state index in [0.717, 1.165) is 28.6 Å². The van der Waals surface area contributed by atoms with Gasteiger partial charge in [-0.25, -0.2) is 0 Å². The lowest BCUT2D eigenvalue weighted by atomic mass is 10.1. The second-order valence-electron chi connectivity index (χ2n) is 7.55. The fourth-order valence-corrected chi connectivity index (χ4v) is 4.09. The normalized spacial score (nSPS) is 15.7. The third kappa shape index (κ3) is 6.09. The van der Waals surface area contributed by atoms with Crippen molar-refractivity contribution in [1.82, 2.24) is 4.90 Å². The predicted octanol–water partition coefficient (Wildman–Crippen LogP) is 5.51. The summed E-state index contributed by atoms with van der Waals surface area (Å²) in [7, 11) is 1.50. The van der Waals surface area contributed by atoms with Gasteiger partial charge in [-0.05, 0) is 67.9 Å². The van der Waals surface area contributed by atoms with Crippen LogP contribution in [0.2, 0.25) is 5.02 Å². The number of thioether (sulfide) groups is 1. The second-order valence-corrected chi connectivity index (χ2v) is 8.95. The van der Waals surface area contributed by atoms with Gasteiger partial charge in [-0.15, -0.1) is 0 Å². The molecule has 0 aromatic heterocycles. The summed E-state index contributed by atoms with van der Waals surface area (Å²) in [6.45, 7) is 5.49. The highest BCUT2D eigenvalue weighted by Crippen LogP contribution is 2.39. The summed E-state index contributed by atoms with van der Waals surface area (Å²) in [5.74, 6) is -0.157. The van der Waals surface area contributed by atoms with E-state index in [2.05, 4.69) is 5.32 Å². The first-order valence-electron chi connectivity index (χ1n) is 10.4. The molecule has 3 rings (SSSR count). The molecule has 2 aromatic carbocycles. The van der Waals surface area contributed by atoms with Crippen molar-refractivity contribution in [1.29, 1.82) is 0 Å². The number of amides is 3. The van der Waals surface area contributed by atoms with Crippen LogP contribution in [0, 0.1) is 6.92 Å². The van der Waals surface area contributed by atoms with E-state index in [1.165, 1.54) is 7.11 Å². The zero-order valence-electron chi connectivity index (χ0n) is 18.8. The molecule has 1 N–H and O–H groups in total. The summed E-state index contributed by atoms with van der Waals surface area (Å²) >= 11 is 7.16. The number of hydrogen-bond acceptors (Lipinski definition) is 6. The summed E-state index contributed by atoms with van der Waals surface area (Å²) in [6, 6.07) is 10.6. The molecule has 174 valence electrons. The fourth-order valence-electron chi connectivity index (χ4n) is 2.99. The van der Waals surface area contributed by atoms with Crippen molar-refractivity contribution in [3.05, 3.63) is 57.5 Å². The monoisotopic (exact) mass is 488 g/mol. The minimum atomic E-state index is -0.543. The molecular formula is C24H25ClN2O5S. The van der Waals surface area contributed by atoms with E-state index in [1.54, 1.807) is 30.3 Å². The summed E-state index contributed by atoms with van der Waals surface area (Å²) < 4.78 is 11.2. The Morgan fingerprint density at radius 3 is 2.58 bits per heavy atom. The number of aryl methyl sites for hydroxylation is 1. The van der Waals surface area contributed by atoms with E-state index in [1.807, 2.05) is 32.9 Å². The first kappa shape index (κ1) is 24.7. The molecule has 1 unspecified atom stereocenters. The smallest absolute Gasteiger partial charge is 0.294 e. The van der Waals surface area contributed by atoms with Crippen molar-refractivity contribution in [2.24, 2.45) is 0 Å². The molecule has 33 heavy (non-hydrogen) atoms. The number of hydrogen-bond donors (Lipinski definition) is 1. The molecule has 0 spiro atoms. The topological polar surface area (TPSA) is 84.9 Å². The van der Waals surface area contributed by atoms with Gasteiger partial charge in [-0.1, -0.05) is 36.2 Å². The van der Waals surface area contributed by atoms with Gasteiger partial charge >= 0.3 is 0 Å². The van der Waals surface area contributed by atoms with E-state index >= 15 is 0 Å². The van der Waals surface area contributed by atoms with Crippen molar-refractivity contribution in [2.75, 3.05) is 19.0 Å². The molecule has 1 aliphatic heterocycles. The Morgan fingerprint density at radius 1 is 1.24 bits per heavy atom. The molecule has 1 fully saturated rings. The summed E-state index contributed by atoms with van der Waals surface area (Å²) in [5, 5.41) is 2.51. The Kier molecular flexibility index (Phi) is 8.05. The van der Waals surface area contributed by atoms with Gasteiger partial charge < -0.3 is 14.8 Å². The maximum absolute atomic E-state index is 12.8. The van der Waals surface area contributed by atoms with Crippen LogP contribution in [0.25, 0.3) is 6.08 Å².